The molecule has 3 heteroatoms. The molecule has 0 aliphatic carbocycles. The van der Waals surface area contributed by atoms with Gasteiger partial charge in [0.15, 0.2) is 0 Å². The van der Waals surface area contributed by atoms with Crippen molar-refractivity contribution in [1.29, 1.82) is 0 Å². The summed E-state index contributed by atoms with van der Waals surface area (Å²) in [6.45, 7) is 4.18. The number of rotatable bonds is 3. The molecule has 22 heavy (non-hydrogen) atoms. The zero-order chi connectivity index (χ0) is 15.5. The minimum Gasteiger partial charge on any atom is -0.266 e. The lowest BCUT2D eigenvalue weighted by atomic mass is 10.1. The average Bonchev–Trinajstić information content (AvgIpc) is 2.90. The molecule has 1 aliphatic rings. The molecule has 1 amide bonds. The van der Waals surface area contributed by atoms with Crippen molar-refractivity contribution in [2.45, 2.75) is 20.3 Å². The number of carbonyl (C=O) groups excluding carboxylic acids is 1. The number of thioether (sulfide) groups is 1. The highest BCUT2D eigenvalue weighted by Crippen LogP contribution is 2.31. The molecular formula is C19H17NOS. The highest BCUT2D eigenvalue weighted by Gasteiger charge is 2.22. The minimum absolute atomic E-state index is 0.153. The topological polar surface area (TPSA) is 29.4 Å². The van der Waals surface area contributed by atoms with Gasteiger partial charge in [0.05, 0.1) is 4.91 Å². The number of carbonyl (C=O) groups is 1. The second kappa shape index (κ2) is 6.32. The molecule has 0 fully saturated rings. The summed E-state index contributed by atoms with van der Waals surface area (Å²) in [5.74, 6) is -0.153. The van der Waals surface area contributed by atoms with Gasteiger partial charge in [0.2, 0.25) is 0 Å². The third kappa shape index (κ3) is 3.20. The lowest BCUT2D eigenvalue weighted by molar-refractivity contribution is -0.113. The van der Waals surface area contributed by atoms with Crippen LogP contribution in [0.15, 0.2) is 58.4 Å². The van der Waals surface area contributed by atoms with Crippen molar-refractivity contribution in [3.05, 3.63) is 75.7 Å². The van der Waals surface area contributed by atoms with E-state index in [1.54, 1.807) is 0 Å². The van der Waals surface area contributed by atoms with Crippen molar-refractivity contribution < 1.29 is 4.79 Å². The van der Waals surface area contributed by atoms with Gasteiger partial charge in [0.1, 0.15) is 5.04 Å². The molecule has 0 radical (unpaired) electrons. The van der Waals surface area contributed by atoms with Crippen LogP contribution in [0.3, 0.4) is 0 Å². The summed E-state index contributed by atoms with van der Waals surface area (Å²) in [5, 5.41) is 0.779. The molecule has 3 rings (SSSR count). The van der Waals surface area contributed by atoms with E-state index in [0.717, 1.165) is 22.6 Å². The Balaban J connectivity index is 1.81. The molecule has 1 aliphatic heterocycles. The van der Waals surface area contributed by atoms with Gasteiger partial charge in [-0.15, -0.1) is 0 Å². The number of hydrogen-bond acceptors (Lipinski definition) is 2. The van der Waals surface area contributed by atoms with Crippen LogP contribution < -0.4 is 0 Å². The largest absolute Gasteiger partial charge is 0.284 e. The fraction of sp³-hybridized carbons (Fsp3) is 0.158. The highest BCUT2D eigenvalue weighted by atomic mass is 32.2. The third-order valence-corrected chi connectivity index (χ3v) is 4.64. The molecule has 110 valence electrons. The molecule has 2 aromatic carbocycles. The predicted molar refractivity (Wildman–Crippen MR) is 94.1 cm³/mol. The maximum Gasteiger partial charge on any atom is 0.284 e. The maximum absolute atomic E-state index is 12.1. The van der Waals surface area contributed by atoms with Crippen LogP contribution in [0.1, 0.15) is 29.2 Å². The van der Waals surface area contributed by atoms with E-state index in [1.165, 1.54) is 22.9 Å². The Morgan fingerprint density at radius 3 is 2.36 bits per heavy atom. The van der Waals surface area contributed by atoms with Crippen molar-refractivity contribution in [3.63, 3.8) is 0 Å². The molecule has 0 spiro atoms. The minimum atomic E-state index is -0.153. The van der Waals surface area contributed by atoms with Crippen molar-refractivity contribution in [3.8, 4) is 0 Å². The number of nitrogens with zero attached hydrogens (tertiary/aromatic N) is 1. The number of aryl methyl sites for hydroxylation is 2. The number of hydrogen-bond donors (Lipinski definition) is 0. The van der Waals surface area contributed by atoms with Gasteiger partial charge in [-0.1, -0.05) is 72.8 Å². The van der Waals surface area contributed by atoms with Gasteiger partial charge in [-0.2, -0.15) is 0 Å². The van der Waals surface area contributed by atoms with Crippen LogP contribution in [0.4, 0.5) is 0 Å². The predicted octanol–water partition coefficient (Wildman–Crippen LogP) is 4.62. The highest BCUT2D eigenvalue weighted by molar-refractivity contribution is 8.19. The summed E-state index contributed by atoms with van der Waals surface area (Å²) < 4.78 is 0. The van der Waals surface area contributed by atoms with Crippen LogP contribution in [0.25, 0.3) is 6.08 Å². The molecule has 0 atom stereocenters. The SMILES string of the molecule is CCc1ccc(/C=C2/SC(c3ccc(C)cc3)=NC2=O)cc1. The van der Waals surface area contributed by atoms with Crippen molar-refractivity contribution in [2.24, 2.45) is 4.99 Å². The van der Waals surface area contributed by atoms with Gasteiger partial charge in [-0.3, -0.25) is 4.79 Å². The van der Waals surface area contributed by atoms with E-state index >= 15 is 0 Å². The molecular weight excluding hydrogens is 290 g/mol. The van der Waals surface area contributed by atoms with E-state index < -0.39 is 0 Å². The maximum atomic E-state index is 12.1. The van der Waals surface area contributed by atoms with Gasteiger partial charge in [0, 0.05) is 5.56 Å². The Bertz CT molecular complexity index is 755. The van der Waals surface area contributed by atoms with Crippen molar-refractivity contribution in [2.75, 3.05) is 0 Å². The normalized spacial score (nSPS) is 16.2. The van der Waals surface area contributed by atoms with Gasteiger partial charge in [0.25, 0.3) is 5.91 Å². The van der Waals surface area contributed by atoms with Gasteiger partial charge in [-0.05, 0) is 30.5 Å². The Hall–Kier alpha value is -2.13. The van der Waals surface area contributed by atoms with Crippen LogP contribution in [-0.2, 0) is 11.2 Å². The summed E-state index contributed by atoms with van der Waals surface area (Å²) >= 11 is 1.44. The first kappa shape index (κ1) is 14.8. The molecule has 0 saturated carbocycles. The molecule has 1 heterocycles. The van der Waals surface area contributed by atoms with Gasteiger partial charge in [-0.25, -0.2) is 4.99 Å². The Morgan fingerprint density at radius 2 is 1.73 bits per heavy atom. The quantitative estimate of drug-likeness (QED) is 0.774. The second-order valence-electron chi connectivity index (χ2n) is 5.29. The smallest absolute Gasteiger partial charge is 0.266 e. The Labute approximate surface area is 135 Å². The molecule has 0 bridgehead atoms. The number of benzene rings is 2. The molecule has 0 aromatic heterocycles. The van der Waals surface area contributed by atoms with E-state index in [1.807, 2.05) is 49.4 Å². The summed E-state index contributed by atoms with van der Waals surface area (Å²) in [7, 11) is 0. The number of amides is 1. The zero-order valence-corrected chi connectivity index (χ0v) is 13.5. The van der Waals surface area contributed by atoms with E-state index in [9.17, 15) is 4.79 Å². The molecule has 0 unspecified atom stereocenters. The fourth-order valence-electron chi connectivity index (χ4n) is 2.23. The van der Waals surface area contributed by atoms with Crippen LogP contribution >= 0.6 is 11.8 Å². The van der Waals surface area contributed by atoms with E-state index in [4.69, 9.17) is 0 Å². The summed E-state index contributed by atoms with van der Waals surface area (Å²) in [6.07, 6.45) is 2.93. The summed E-state index contributed by atoms with van der Waals surface area (Å²) in [5.41, 5.74) is 4.52. The van der Waals surface area contributed by atoms with Crippen LogP contribution in [-0.4, -0.2) is 11.0 Å². The lowest BCUT2D eigenvalue weighted by Gasteiger charge is -2.00. The molecule has 2 nitrogen and oxygen atoms in total. The van der Waals surface area contributed by atoms with Crippen LogP contribution in [0, 0.1) is 6.92 Å². The zero-order valence-electron chi connectivity index (χ0n) is 12.7. The van der Waals surface area contributed by atoms with E-state index in [2.05, 4.69) is 24.0 Å². The molecule has 0 N–H and O–H groups in total. The van der Waals surface area contributed by atoms with E-state index in [0.29, 0.717) is 4.91 Å². The first-order valence-corrected chi connectivity index (χ1v) is 8.16. The summed E-state index contributed by atoms with van der Waals surface area (Å²) in [4.78, 5) is 16.9. The van der Waals surface area contributed by atoms with Gasteiger partial charge < -0.3 is 0 Å². The van der Waals surface area contributed by atoms with E-state index in [-0.39, 0.29) is 5.91 Å². The Morgan fingerprint density at radius 1 is 1.05 bits per heavy atom. The first-order chi connectivity index (χ1) is 10.7. The van der Waals surface area contributed by atoms with Gasteiger partial charge >= 0.3 is 0 Å². The molecule has 0 saturated heterocycles. The third-order valence-electron chi connectivity index (χ3n) is 3.60. The van der Waals surface area contributed by atoms with Crippen LogP contribution in [0.5, 0.6) is 0 Å². The monoisotopic (exact) mass is 307 g/mol. The Kier molecular flexibility index (Phi) is 4.25. The molecule has 2 aromatic rings. The first-order valence-electron chi connectivity index (χ1n) is 7.34. The van der Waals surface area contributed by atoms with Crippen molar-refractivity contribution >= 4 is 28.8 Å². The van der Waals surface area contributed by atoms with Crippen molar-refractivity contribution in [1.82, 2.24) is 0 Å². The second-order valence-corrected chi connectivity index (χ2v) is 6.32. The lowest BCUT2D eigenvalue weighted by Crippen LogP contribution is -1.90. The standard InChI is InChI=1S/C19H17NOS/c1-3-14-6-8-15(9-7-14)12-17-18(21)20-19(22-17)16-10-4-13(2)5-11-16/h4-12H,3H2,1-2H3/b17-12+. The van der Waals surface area contributed by atoms with Crippen LogP contribution in [0.2, 0.25) is 0 Å². The average molecular weight is 307 g/mol. The summed E-state index contributed by atoms with van der Waals surface area (Å²) in [6, 6.07) is 16.4. The number of aliphatic imine (C=N–C) groups is 1. The fourth-order valence-corrected chi connectivity index (χ4v) is 3.15.